The molecule has 2 nitrogen and oxygen atoms in total. The minimum absolute atomic E-state index is 0.133. The van der Waals surface area contributed by atoms with Crippen molar-refractivity contribution >= 4 is 5.91 Å². The van der Waals surface area contributed by atoms with Gasteiger partial charge in [-0.1, -0.05) is 60.7 Å². The molecule has 0 aromatic heterocycles. The van der Waals surface area contributed by atoms with Crippen LogP contribution in [-0.2, 0) is 11.3 Å². The zero-order chi connectivity index (χ0) is 15.1. The van der Waals surface area contributed by atoms with Crippen LogP contribution < -0.4 is 0 Å². The Balaban J connectivity index is 2.15. The number of carbonyl (C=O) groups is 1. The summed E-state index contributed by atoms with van der Waals surface area (Å²) in [6.07, 6.45) is 12.4. The molecule has 1 aliphatic rings. The van der Waals surface area contributed by atoms with Crippen molar-refractivity contribution < 1.29 is 4.79 Å². The lowest BCUT2D eigenvalue weighted by Crippen LogP contribution is -2.42. The van der Waals surface area contributed by atoms with Crippen LogP contribution in [0.1, 0.15) is 18.9 Å². The maximum atomic E-state index is 12.9. The van der Waals surface area contributed by atoms with E-state index in [9.17, 15) is 4.79 Å². The van der Waals surface area contributed by atoms with Crippen molar-refractivity contribution in [1.82, 2.24) is 4.90 Å². The first-order valence-electron chi connectivity index (χ1n) is 7.30. The number of carbonyl (C=O) groups excluding carboxylic acids is 1. The number of rotatable bonds is 6. The van der Waals surface area contributed by atoms with E-state index in [0.29, 0.717) is 13.1 Å². The fraction of sp³-hybridized carbons (Fsp3) is 0.263. The SMILES string of the molecule is C=CCCN(Cc1ccccc1)C(=O)C1(C)[CH]C=CC=C1. The molecule has 0 saturated heterocycles. The van der Waals surface area contributed by atoms with Crippen molar-refractivity contribution in [1.29, 1.82) is 0 Å². The maximum absolute atomic E-state index is 12.9. The van der Waals surface area contributed by atoms with Crippen LogP contribution in [0.25, 0.3) is 0 Å². The molecule has 2 rings (SSSR count). The second-order valence-electron chi connectivity index (χ2n) is 5.48. The summed E-state index contributed by atoms with van der Waals surface area (Å²) >= 11 is 0. The Morgan fingerprint density at radius 1 is 1.24 bits per heavy atom. The van der Waals surface area contributed by atoms with Gasteiger partial charge in [0.15, 0.2) is 0 Å². The molecule has 1 aromatic carbocycles. The molecule has 1 amide bonds. The molecule has 0 saturated carbocycles. The van der Waals surface area contributed by atoms with Gasteiger partial charge in [-0.15, -0.1) is 6.58 Å². The predicted octanol–water partition coefficient (Wildman–Crippen LogP) is 3.93. The van der Waals surface area contributed by atoms with Gasteiger partial charge in [-0.3, -0.25) is 4.79 Å². The van der Waals surface area contributed by atoms with Gasteiger partial charge in [0.05, 0.1) is 5.41 Å². The molecule has 1 aromatic rings. The average molecular weight is 280 g/mol. The normalized spacial score (nSPS) is 20.2. The third kappa shape index (κ3) is 3.94. The number of hydrogen-bond acceptors (Lipinski definition) is 1. The topological polar surface area (TPSA) is 20.3 Å². The Bertz CT molecular complexity index is 544. The molecule has 1 atom stereocenters. The zero-order valence-corrected chi connectivity index (χ0v) is 12.5. The van der Waals surface area contributed by atoms with E-state index in [0.717, 1.165) is 12.0 Å². The quantitative estimate of drug-likeness (QED) is 0.723. The maximum Gasteiger partial charge on any atom is 0.233 e. The van der Waals surface area contributed by atoms with E-state index in [1.807, 2.05) is 66.8 Å². The van der Waals surface area contributed by atoms with Crippen molar-refractivity contribution in [3.63, 3.8) is 0 Å². The van der Waals surface area contributed by atoms with Crippen molar-refractivity contribution in [3.05, 3.63) is 79.3 Å². The summed E-state index contributed by atoms with van der Waals surface area (Å²) in [6, 6.07) is 10.1. The first-order chi connectivity index (χ1) is 10.2. The monoisotopic (exact) mass is 280 g/mol. The highest BCUT2D eigenvalue weighted by Crippen LogP contribution is 2.29. The number of amides is 1. The number of allylic oxidation sites excluding steroid dienone is 3. The smallest absolute Gasteiger partial charge is 0.233 e. The molecule has 0 heterocycles. The van der Waals surface area contributed by atoms with Crippen molar-refractivity contribution in [2.75, 3.05) is 6.54 Å². The highest BCUT2D eigenvalue weighted by atomic mass is 16.2. The van der Waals surface area contributed by atoms with Crippen LogP contribution in [-0.4, -0.2) is 17.4 Å². The second-order valence-corrected chi connectivity index (χ2v) is 5.48. The predicted molar refractivity (Wildman–Crippen MR) is 87.4 cm³/mol. The fourth-order valence-corrected chi connectivity index (χ4v) is 2.42. The van der Waals surface area contributed by atoms with Gasteiger partial charge in [-0.25, -0.2) is 0 Å². The standard InChI is InChI=1S/C19H22NO/c1-3-4-15-20(16-17-11-7-5-8-12-17)18(21)19(2)13-9-6-10-14-19/h3,5-14H,1,4,15-16H2,2H3. The van der Waals surface area contributed by atoms with E-state index < -0.39 is 5.41 Å². The van der Waals surface area contributed by atoms with Crippen molar-refractivity contribution in [2.45, 2.75) is 19.9 Å². The first-order valence-corrected chi connectivity index (χ1v) is 7.30. The highest BCUT2D eigenvalue weighted by Gasteiger charge is 2.34. The van der Waals surface area contributed by atoms with E-state index in [4.69, 9.17) is 0 Å². The largest absolute Gasteiger partial charge is 0.337 e. The number of nitrogens with zero attached hydrogens (tertiary/aromatic N) is 1. The molecule has 0 spiro atoms. The Morgan fingerprint density at radius 3 is 2.62 bits per heavy atom. The third-order valence-electron chi connectivity index (χ3n) is 3.67. The van der Waals surface area contributed by atoms with Gasteiger partial charge >= 0.3 is 0 Å². The molecule has 0 N–H and O–H groups in total. The molecule has 21 heavy (non-hydrogen) atoms. The van der Waals surface area contributed by atoms with Crippen LogP contribution in [0, 0.1) is 11.8 Å². The molecule has 1 unspecified atom stereocenters. The summed E-state index contributed by atoms with van der Waals surface area (Å²) < 4.78 is 0. The van der Waals surface area contributed by atoms with Crippen molar-refractivity contribution in [2.24, 2.45) is 5.41 Å². The Kier molecular flexibility index (Phi) is 5.15. The lowest BCUT2D eigenvalue weighted by molar-refractivity contribution is -0.137. The van der Waals surface area contributed by atoms with Crippen LogP contribution in [0.2, 0.25) is 0 Å². The van der Waals surface area contributed by atoms with E-state index in [-0.39, 0.29) is 5.91 Å². The number of benzene rings is 1. The lowest BCUT2D eigenvalue weighted by Gasteiger charge is -2.32. The zero-order valence-electron chi connectivity index (χ0n) is 12.5. The van der Waals surface area contributed by atoms with E-state index in [1.165, 1.54) is 0 Å². The third-order valence-corrected chi connectivity index (χ3v) is 3.67. The van der Waals surface area contributed by atoms with Gasteiger partial charge in [-0.05, 0) is 18.9 Å². The van der Waals surface area contributed by atoms with Crippen LogP contribution in [0.5, 0.6) is 0 Å². The van der Waals surface area contributed by atoms with Crippen LogP contribution in [0.3, 0.4) is 0 Å². The Labute approximate surface area is 127 Å². The Morgan fingerprint density at radius 2 is 2.00 bits per heavy atom. The molecule has 2 heteroatoms. The summed E-state index contributed by atoms with van der Waals surface area (Å²) in [6.45, 7) is 7.04. The van der Waals surface area contributed by atoms with Gasteiger partial charge in [0.25, 0.3) is 0 Å². The average Bonchev–Trinajstić information content (AvgIpc) is 2.52. The van der Waals surface area contributed by atoms with Crippen molar-refractivity contribution in [3.8, 4) is 0 Å². The lowest BCUT2D eigenvalue weighted by atomic mass is 9.82. The molecule has 0 aliphatic heterocycles. The summed E-state index contributed by atoms with van der Waals surface area (Å²) in [4.78, 5) is 14.8. The van der Waals surface area contributed by atoms with Gasteiger partial charge in [0.1, 0.15) is 0 Å². The van der Waals surface area contributed by atoms with E-state index >= 15 is 0 Å². The molecule has 109 valence electrons. The summed E-state index contributed by atoms with van der Waals surface area (Å²) in [7, 11) is 0. The minimum Gasteiger partial charge on any atom is -0.337 e. The number of hydrogen-bond donors (Lipinski definition) is 0. The van der Waals surface area contributed by atoms with Gasteiger partial charge in [0.2, 0.25) is 5.91 Å². The molecule has 0 bridgehead atoms. The summed E-state index contributed by atoms with van der Waals surface area (Å²) in [5, 5.41) is 0. The molecular formula is C19H22NO. The highest BCUT2D eigenvalue weighted by molar-refractivity contribution is 5.86. The first kappa shape index (κ1) is 15.3. The Hall–Kier alpha value is -2.09. The molecule has 1 aliphatic carbocycles. The molecular weight excluding hydrogens is 258 g/mol. The fourth-order valence-electron chi connectivity index (χ4n) is 2.42. The van der Waals surface area contributed by atoms with Crippen LogP contribution in [0.4, 0.5) is 0 Å². The van der Waals surface area contributed by atoms with Gasteiger partial charge in [0, 0.05) is 19.5 Å². The van der Waals surface area contributed by atoms with Crippen LogP contribution in [0.15, 0.2) is 67.3 Å². The summed E-state index contributed by atoms with van der Waals surface area (Å²) in [5.41, 5.74) is 0.596. The summed E-state index contributed by atoms with van der Waals surface area (Å²) in [5.74, 6) is 0.133. The molecule has 1 radical (unpaired) electrons. The van der Waals surface area contributed by atoms with E-state index in [2.05, 4.69) is 18.7 Å². The van der Waals surface area contributed by atoms with Gasteiger partial charge in [-0.2, -0.15) is 0 Å². The van der Waals surface area contributed by atoms with E-state index in [1.54, 1.807) is 0 Å². The minimum atomic E-state index is -0.551. The van der Waals surface area contributed by atoms with Gasteiger partial charge < -0.3 is 4.90 Å². The molecule has 0 fully saturated rings. The van der Waals surface area contributed by atoms with Crippen LogP contribution >= 0.6 is 0 Å². The second kappa shape index (κ2) is 7.07.